The first kappa shape index (κ1) is 14.5. The zero-order chi connectivity index (χ0) is 13.9. The summed E-state index contributed by atoms with van der Waals surface area (Å²) in [6.45, 7) is 7.68. The molecule has 1 aliphatic carbocycles. The van der Waals surface area contributed by atoms with Gasteiger partial charge in [0.1, 0.15) is 0 Å². The van der Waals surface area contributed by atoms with Gasteiger partial charge in [0.05, 0.1) is 5.60 Å². The van der Waals surface area contributed by atoms with Gasteiger partial charge in [0.25, 0.3) is 0 Å². The number of amides is 1. The summed E-state index contributed by atoms with van der Waals surface area (Å²) < 4.78 is 0. The number of carbonyl (C=O) groups is 1. The van der Waals surface area contributed by atoms with Crippen LogP contribution >= 0.6 is 0 Å². The normalized spacial score (nSPS) is 25.0. The van der Waals surface area contributed by atoms with E-state index in [2.05, 4.69) is 17.1 Å². The molecule has 1 heterocycles. The minimum atomic E-state index is -0.652. The van der Waals surface area contributed by atoms with Crippen molar-refractivity contribution >= 4 is 5.91 Å². The van der Waals surface area contributed by atoms with Crippen LogP contribution in [0, 0.1) is 5.92 Å². The van der Waals surface area contributed by atoms with Gasteiger partial charge in [0.2, 0.25) is 5.91 Å². The Morgan fingerprint density at radius 1 is 1.32 bits per heavy atom. The maximum absolute atomic E-state index is 12.2. The standard InChI is InChI=1S/C15H26N2O2/c1-15(2,19)12-16-7-9-17(10-8-16)14(18)11-13-5-3-4-6-13/h3,5,13,19H,4,6-12H2,1-2H3/t13-/m0/s1. The summed E-state index contributed by atoms with van der Waals surface area (Å²) in [5.74, 6) is 0.751. The van der Waals surface area contributed by atoms with E-state index in [0.717, 1.165) is 39.0 Å². The van der Waals surface area contributed by atoms with Gasteiger partial charge in [-0.15, -0.1) is 0 Å². The van der Waals surface area contributed by atoms with E-state index in [-0.39, 0.29) is 0 Å². The quantitative estimate of drug-likeness (QED) is 0.779. The van der Waals surface area contributed by atoms with Crippen molar-refractivity contribution in [2.24, 2.45) is 5.92 Å². The first-order valence-corrected chi connectivity index (χ1v) is 7.33. The number of piperazine rings is 1. The monoisotopic (exact) mass is 266 g/mol. The average Bonchev–Trinajstić information content (AvgIpc) is 2.80. The van der Waals surface area contributed by atoms with Crippen molar-refractivity contribution < 1.29 is 9.90 Å². The fraction of sp³-hybridized carbons (Fsp3) is 0.800. The summed E-state index contributed by atoms with van der Waals surface area (Å²) in [4.78, 5) is 16.4. The fourth-order valence-electron chi connectivity index (χ4n) is 2.92. The van der Waals surface area contributed by atoms with E-state index in [4.69, 9.17) is 0 Å². The van der Waals surface area contributed by atoms with Crippen molar-refractivity contribution in [1.29, 1.82) is 0 Å². The van der Waals surface area contributed by atoms with Gasteiger partial charge in [0.15, 0.2) is 0 Å². The number of allylic oxidation sites excluding steroid dienone is 2. The molecule has 1 amide bonds. The van der Waals surface area contributed by atoms with E-state index in [1.165, 1.54) is 0 Å². The van der Waals surface area contributed by atoms with Gasteiger partial charge in [0, 0.05) is 39.1 Å². The van der Waals surface area contributed by atoms with Crippen LogP contribution in [0.3, 0.4) is 0 Å². The maximum atomic E-state index is 12.2. The summed E-state index contributed by atoms with van der Waals surface area (Å²) in [5.41, 5.74) is -0.652. The Morgan fingerprint density at radius 2 is 2.00 bits per heavy atom. The highest BCUT2D eigenvalue weighted by Gasteiger charge is 2.26. The zero-order valence-electron chi connectivity index (χ0n) is 12.1. The number of β-amino-alcohol motifs (C(OH)–C–C–N with tert-alkyl or cyclic N) is 1. The van der Waals surface area contributed by atoms with Crippen molar-refractivity contribution in [3.8, 4) is 0 Å². The van der Waals surface area contributed by atoms with E-state index >= 15 is 0 Å². The van der Waals surface area contributed by atoms with Gasteiger partial charge >= 0.3 is 0 Å². The van der Waals surface area contributed by atoms with E-state index in [1.807, 2.05) is 18.7 Å². The fourth-order valence-corrected chi connectivity index (χ4v) is 2.92. The Hall–Kier alpha value is -0.870. The van der Waals surface area contributed by atoms with E-state index in [0.29, 0.717) is 24.8 Å². The molecule has 1 atom stereocenters. The van der Waals surface area contributed by atoms with Crippen LogP contribution in [-0.2, 0) is 4.79 Å². The molecule has 0 aromatic rings. The molecule has 1 saturated heterocycles. The lowest BCUT2D eigenvalue weighted by Crippen LogP contribution is -2.52. The molecule has 1 aliphatic heterocycles. The second-order valence-electron chi connectivity index (χ2n) is 6.44. The Balaban J connectivity index is 1.73. The van der Waals surface area contributed by atoms with Gasteiger partial charge in [-0.05, 0) is 32.6 Å². The van der Waals surface area contributed by atoms with Crippen LogP contribution in [0.4, 0.5) is 0 Å². The number of carbonyl (C=O) groups excluding carboxylic acids is 1. The smallest absolute Gasteiger partial charge is 0.223 e. The zero-order valence-corrected chi connectivity index (χ0v) is 12.1. The molecule has 0 spiro atoms. The Labute approximate surface area is 116 Å². The lowest BCUT2D eigenvalue weighted by atomic mass is 10.0. The predicted octanol–water partition coefficient (Wildman–Crippen LogP) is 1.26. The molecule has 19 heavy (non-hydrogen) atoms. The van der Waals surface area contributed by atoms with Crippen molar-refractivity contribution in [1.82, 2.24) is 9.80 Å². The topological polar surface area (TPSA) is 43.8 Å². The first-order valence-electron chi connectivity index (χ1n) is 7.33. The Bertz CT molecular complexity index is 339. The minimum Gasteiger partial charge on any atom is -0.389 e. The summed E-state index contributed by atoms with van der Waals surface area (Å²) in [6, 6.07) is 0. The maximum Gasteiger partial charge on any atom is 0.223 e. The molecule has 4 nitrogen and oxygen atoms in total. The second kappa shape index (κ2) is 6.06. The predicted molar refractivity (Wildman–Crippen MR) is 75.8 cm³/mol. The van der Waals surface area contributed by atoms with E-state index in [9.17, 15) is 9.90 Å². The van der Waals surface area contributed by atoms with E-state index < -0.39 is 5.60 Å². The number of aliphatic hydroxyl groups is 1. The lowest BCUT2D eigenvalue weighted by Gasteiger charge is -2.37. The average molecular weight is 266 g/mol. The van der Waals surface area contributed by atoms with Crippen molar-refractivity contribution in [2.75, 3.05) is 32.7 Å². The molecule has 4 heteroatoms. The largest absolute Gasteiger partial charge is 0.389 e. The lowest BCUT2D eigenvalue weighted by molar-refractivity contribution is -0.133. The highest BCUT2D eigenvalue weighted by Crippen LogP contribution is 2.21. The third-order valence-electron chi connectivity index (χ3n) is 3.88. The highest BCUT2D eigenvalue weighted by molar-refractivity contribution is 5.76. The molecule has 0 unspecified atom stereocenters. The molecular weight excluding hydrogens is 240 g/mol. The van der Waals surface area contributed by atoms with Gasteiger partial charge in [-0.1, -0.05) is 12.2 Å². The highest BCUT2D eigenvalue weighted by atomic mass is 16.3. The number of nitrogens with zero attached hydrogens (tertiary/aromatic N) is 2. The van der Waals surface area contributed by atoms with E-state index in [1.54, 1.807) is 0 Å². The molecule has 2 rings (SSSR count). The molecule has 0 aromatic heterocycles. The molecule has 1 fully saturated rings. The van der Waals surface area contributed by atoms with Crippen molar-refractivity contribution in [3.63, 3.8) is 0 Å². The molecule has 2 aliphatic rings. The third kappa shape index (κ3) is 4.62. The van der Waals surface area contributed by atoms with Crippen LogP contribution < -0.4 is 0 Å². The summed E-state index contributed by atoms with van der Waals surface area (Å²) in [6.07, 6.45) is 7.28. The molecule has 0 aromatic carbocycles. The van der Waals surface area contributed by atoms with Crippen LogP contribution in [0.5, 0.6) is 0 Å². The number of hydrogen-bond acceptors (Lipinski definition) is 3. The number of hydrogen-bond donors (Lipinski definition) is 1. The summed E-state index contributed by atoms with van der Waals surface area (Å²) >= 11 is 0. The summed E-state index contributed by atoms with van der Waals surface area (Å²) in [5, 5.41) is 9.80. The SMILES string of the molecule is CC(C)(O)CN1CCN(C(=O)C[C@H]2C=CCC2)CC1. The van der Waals surface area contributed by atoms with Crippen LogP contribution in [0.1, 0.15) is 33.1 Å². The van der Waals surface area contributed by atoms with Crippen LogP contribution in [0.2, 0.25) is 0 Å². The first-order chi connectivity index (χ1) is 8.94. The third-order valence-corrected chi connectivity index (χ3v) is 3.88. The second-order valence-corrected chi connectivity index (χ2v) is 6.44. The molecule has 1 N–H and O–H groups in total. The number of rotatable bonds is 4. The van der Waals surface area contributed by atoms with Gasteiger partial charge in [-0.25, -0.2) is 0 Å². The van der Waals surface area contributed by atoms with Gasteiger partial charge < -0.3 is 10.0 Å². The van der Waals surface area contributed by atoms with Gasteiger partial charge in [-0.3, -0.25) is 9.69 Å². The van der Waals surface area contributed by atoms with Crippen molar-refractivity contribution in [3.05, 3.63) is 12.2 Å². The van der Waals surface area contributed by atoms with Crippen LogP contribution in [0.25, 0.3) is 0 Å². The van der Waals surface area contributed by atoms with Gasteiger partial charge in [-0.2, -0.15) is 0 Å². The molecule has 0 radical (unpaired) electrons. The Morgan fingerprint density at radius 3 is 2.53 bits per heavy atom. The van der Waals surface area contributed by atoms with Crippen LogP contribution in [0.15, 0.2) is 12.2 Å². The Kier molecular flexibility index (Phi) is 4.63. The van der Waals surface area contributed by atoms with Crippen molar-refractivity contribution in [2.45, 2.75) is 38.7 Å². The summed E-state index contributed by atoms with van der Waals surface area (Å²) in [7, 11) is 0. The molecule has 0 saturated carbocycles. The molecular formula is C15H26N2O2. The molecule has 108 valence electrons. The molecule has 0 bridgehead atoms. The van der Waals surface area contributed by atoms with Crippen LogP contribution in [-0.4, -0.2) is 59.1 Å². The minimum absolute atomic E-state index is 0.291.